The molecule has 1 saturated heterocycles. The fraction of sp³-hybridized carbons (Fsp3) is 0.458. The molecule has 0 saturated carbocycles. The number of carbonyl (C=O) groups is 2. The number of hydrogen-bond acceptors (Lipinski definition) is 7. The summed E-state index contributed by atoms with van der Waals surface area (Å²) in [6.45, 7) is 1.78. The van der Waals surface area contributed by atoms with Crippen molar-refractivity contribution >= 4 is 29.3 Å². The normalized spacial score (nSPS) is 21.8. The van der Waals surface area contributed by atoms with E-state index in [9.17, 15) is 24.8 Å². The summed E-state index contributed by atoms with van der Waals surface area (Å²) in [7, 11) is 0. The molecule has 3 atom stereocenters. The Bertz CT molecular complexity index is 1180. The van der Waals surface area contributed by atoms with Gasteiger partial charge in [-0.1, -0.05) is 18.2 Å². The average Bonchev–Trinajstić information content (AvgIpc) is 3.16. The van der Waals surface area contributed by atoms with Crippen LogP contribution in [0.5, 0.6) is 0 Å². The molecule has 0 aliphatic carbocycles. The number of likely N-dealkylation sites (tertiary alicyclic amines) is 1. The molecule has 1 aromatic carbocycles. The fourth-order valence-corrected chi connectivity index (χ4v) is 6.10. The molecule has 9 nitrogen and oxygen atoms in total. The minimum absolute atomic E-state index is 0.0373. The van der Waals surface area contributed by atoms with E-state index >= 15 is 0 Å². The number of rotatable bonds is 6. The molecule has 1 fully saturated rings. The minimum atomic E-state index is -0.529. The number of carbonyl (C=O) groups excluding carboxylic acids is 2. The van der Waals surface area contributed by atoms with Crippen molar-refractivity contribution in [2.75, 3.05) is 30.3 Å². The lowest BCUT2D eigenvalue weighted by Gasteiger charge is -2.44. The quantitative estimate of drug-likeness (QED) is 0.628. The van der Waals surface area contributed by atoms with Gasteiger partial charge in [-0.25, -0.2) is 0 Å². The SMILES string of the molecule is CSCCC(C(=O)N1CC2CC(C1)c1ccc(N([O-])O)c(=O)n1C2)N1Cc2ccccc2C1=O. The second-order valence-electron chi connectivity index (χ2n) is 9.26. The molecule has 2 aromatic rings. The summed E-state index contributed by atoms with van der Waals surface area (Å²) in [6.07, 6.45) is 3.43. The van der Waals surface area contributed by atoms with E-state index in [0.717, 1.165) is 23.4 Å². The highest BCUT2D eigenvalue weighted by atomic mass is 32.2. The Labute approximate surface area is 201 Å². The van der Waals surface area contributed by atoms with Crippen molar-refractivity contribution in [1.29, 1.82) is 0 Å². The number of benzene rings is 1. The first kappa shape index (κ1) is 22.9. The summed E-state index contributed by atoms with van der Waals surface area (Å²) in [4.78, 5) is 43.2. The van der Waals surface area contributed by atoms with Gasteiger partial charge in [0.1, 0.15) is 11.7 Å². The molecule has 3 aliphatic rings. The predicted octanol–water partition coefficient (Wildman–Crippen LogP) is 2.27. The molecule has 0 spiro atoms. The summed E-state index contributed by atoms with van der Waals surface area (Å²) in [6, 6.07) is 10.0. The van der Waals surface area contributed by atoms with E-state index in [1.807, 2.05) is 35.4 Å². The highest BCUT2D eigenvalue weighted by Crippen LogP contribution is 2.37. The Kier molecular flexibility index (Phi) is 6.13. The molecular weight excluding hydrogens is 456 g/mol. The van der Waals surface area contributed by atoms with Gasteiger partial charge in [0.2, 0.25) is 5.91 Å². The summed E-state index contributed by atoms with van der Waals surface area (Å²) in [5, 5.41) is 20.1. The van der Waals surface area contributed by atoms with Gasteiger partial charge in [-0.3, -0.25) is 19.6 Å². The monoisotopic (exact) mass is 483 g/mol. The van der Waals surface area contributed by atoms with Gasteiger partial charge in [-0.15, -0.1) is 0 Å². The molecule has 1 aromatic heterocycles. The average molecular weight is 484 g/mol. The molecule has 3 aliphatic heterocycles. The maximum atomic E-state index is 13.8. The van der Waals surface area contributed by atoms with Crippen LogP contribution in [0.25, 0.3) is 0 Å². The fourth-order valence-electron chi connectivity index (χ4n) is 5.64. The molecular formula is C24H27N4O5S-. The zero-order valence-electron chi connectivity index (χ0n) is 18.9. The van der Waals surface area contributed by atoms with Crippen LogP contribution >= 0.6 is 11.8 Å². The van der Waals surface area contributed by atoms with E-state index < -0.39 is 16.8 Å². The maximum Gasteiger partial charge on any atom is 0.275 e. The van der Waals surface area contributed by atoms with Crippen LogP contribution in [0, 0.1) is 11.1 Å². The second-order valence-corrected chi connectivity index (χ2v) is 10.2. The molecule has 0 radical (unpaired) electrons. The summed E-state index contributed by atoms with van der Waals surface area (Å²) in [5.74, 6) is 0.658. The van der Waals surface area contributed by atoms with Crippen molar-refractivity contribution in [3.63, 3.8) is 0 Å². The van der Waals surface area contributed by atoms with Gasteiger partial charge in [0, 0.05) is 43.4 Å². The highest BCUT2D eigenvalue weighted by molar-refractivity contribution is 7.98. The number of anilines is 1. The number of pyridine rings is 1. The number of amides is 2. The summed E-state index contributed by atoms with van der Waals surface area (Å²) < 4.78 is 1.56. The third-order valence-electron chi connectivity index (χ3n) is 7.21. The van der Waals surface area contributed by atoms with Crippen molar-refractivity contribution in [3.8, 4) is 0 Å². The molecule has 4 heterocycles. The number of nitrogens with zero attached hydrogens (tertiary/aromatic N) is 4. The zero-order chi connectivity index (χ0) is 24.0. The Morgan fingerprint density at radius 1 is 1.21 bits per heavy atom. The van der Waals surface area contributed by atoms with Gasteiger partial charge >= 0.3 is 0 Å². The topological polar surface area (TPSA) is 109 Å². The first-order chi connectivity index (χ1) is 16.4. The van der Waals surface area contributed by atoms with Crippen molar-refractivity contribution in [3.05, 3.63) is 68.8 Å². The summed E-state index contributed by atoms with van der Waals surface area (Å²) >= 11 is 1.65. The van der Waals surface area contributed by atoms with E-state index in [2.05, 4.69) is 0 Å². The van der Waals surface area contributed by atoms with Crippen LogP contribution < -0.4 is 10.8 Å². The Morgan fingerprint density at radius 2 is 2.00 bits per heavy atom. The molecule has 2 amide bonds. The van der Waals surface area contributed by atoms with Gasteiger partial charge in [0.05, 0.1) is 0 Å². The zero-order valence-corrected chi connectivity index (χ0v) is 19.7. The van der Waals surface area contributed by atoms with E-state index in [-0.39, 0.29) is 29.3 Å². The van der Waals surface area contributed by atoms with Crippen molar-refractivity contribution in [2.24, 2.45) is 5.92 Å². The second kappa shape index (κ2) is 9.09. The van der Waals surface area contributed by atoms with E-state index in [1.54, 1.807) is 27.3 Å². The van der Waals surface area contributed by atoms with Gasteiger partial charge in [0.15, 0.2) is 0 Å². The van der Waals surface area contributed by atoms with Crippen molar-refractivity contribution < 1.29 is 14.8 Å². The van der Waals surface area contributed by atoms with Crippen LogP contribution in [-0.4, -0.2) is 62.5 Å². The lowest BCUT2D eigenvalue weighted by molar-refractivity contribution is -0.139. The highest BCUT2D eigenvalue weighted by Gasteiger charge is 2.42. The van der Waals surface area contributed by atoms with E-state index in [1.165, 1.54) is 6.07 Å². The summed E-state index contributed by atoms with van der Waals surface area (Å²) in [5.41, 5.74) is 1.57. The molecule has 2 bridgehead atoms. The van der Waals surface area contributed by atoms with Crippen molar-refractivity contribution in [2.45, 2.75) is 37.9 Å². The van der Waals surface area contributed by atoms with Crippen LogP contribution in [0.4, 0.5) is 5.69 Å². The standard InChI is InChI=1S/C24H27N4O5S/c1-34-9-8-20(27-14-16-4-2-3-5-18(16)22(27)29)23(30)25-11-15-10-17(13-25)19-6-7-21(28(32)33)24(31)26(19)12-15/h2-7,15,17,20,32H,8-14H2,1H3/q-1. The number of thioether (sulfide) groups is 1. The number of piperidine rings is 1. The van der Waals surface area contributed by atoms with Crippen molar-refractivity contribution in [1.82, 2.24) is 14.4 Å². The van der Waals surface area contributed by atoms with Gasteiger partial charge in [-0.2, -0.15) is 11.8 Å². The van der Waals surface area contributed by atoms with Gasteiger partial charge < -0.3 is 24.8 Å². The van der Waals surface area contributed by atoms with Crippen LogP contribution in [0.3, 0.4) is 0 Å². The lowest BCUT2D eigenvalue weighted by atomic mass is 9.82. The van der Waals surface area contributed by atoms with E-state index in [4.69, 9.17) is 0 Å². The Morgan fingerprint density at radius 3 is 2.74 bits per heavy atom. The number of fused-ring (bicyclic) bond motifs is 5. The molecule has 34 heavy (non-hydrogen) atoms. The Balaban J connectivity index is 1.40. The molecule has 1 N–H and O–H groups in total. The molecule has 3 unspecified atom stereocenters. The first-order valence-electron chi connectivity index (χ1n) is 11.5. The molecule has 5 rings (SSSR count). The van der Waals surface area contributed by atoms with Gasteiger partial charge in [-0.05, 0) is 54.5 Å². The smallest absolute Gasteiger partial charge is 0.275 e. The maximum absolute atomic E-state index is 13.8. The van der Waals surface area contributed by atoms with Crippen LogP contribution in [-0.2, 0) is 17.9 Å². The number of aromatic nitrogens is 1. The third-order valence-corrected chi connectivity index (χ3v) is 7.85. The van der Waals surface area contributed by atoms with Crippen LogP contribution in [0.15, 0.2) is 41.2 Å². The minimum Gasteiger partial charge on any atom is -0.733 e. The lowest BCUT2D eigenvalue weighted by Crippen LogP contribution is -2.55. The first-order valence-corrected chi connectivity index (χ1v) is 12.8. The molecule has 10 heteroatoms. The van der Waals surface area contributed by atoms with Crippen LogP contribution in [0.1, 0.15) is 40.4 Å². The molecule has 180 valence electrons. The largest absolute Gasteiger partial charge is 0.733 e. The van der Waals surface area contributed by atoms with Gasteiger partial charge in [0.25, 0.3) is 11.5 Å². The Hall–Kier alpha value is -2.82. The number of hydrogen-bond donors (Lipinski definition) is 1. The predicted molar refractivity (Wildman–Crippen MR) is 129 cm³/mol. The van der Waals surface area contributed by atoms with E-state index in [0.29, 0.717) is 38.2 Å². The van der Waals surface area contributed by atoms with Crippen LogP contribution in [0.2, 0.25) is 0 Å². The third kappa shape index (κ3) is 3.89.